The van der Waals surface area contributed by atoms with Gasteiger partial charge in [0, 0.05) is 42.1 Å². The van der Waals surface area contributed by atoms with Gasteiger partial charge in [0.2, 0.25) is 0 Å². The minimum absolute atomic E-state index is 0.0213. The third kappa shape index (κ3) is 3.46. The average molecular weight is 431 g/mol. The third-order valence-corrected chi connectivity index (χ3v) is 6.04. The van der Waals surface area contributed by atoms with Gasteiger partial charge in [0.05, 0.1) is 17.8 Å². The van der Waals surface area contributed by atoms with E-state index in [1.54, 1.807) is 12.7 Å². The minimum atomic E-state index is -0.0644. The number of thiocarbonyl (C=S) groups is 1. The van der Waals surface area contributed by atoms with Crippen LogP contribution in [0.4, 0.5) is 0 Å². The number of aryl methyl sites for hydroxylation is 1. The molecule has 8 nitrogen and oxygen atoms in total. The summed E-state index contributed by atoms with van der Waals surface area (Å²) in [4.78, 5) is 11.0. The lowest BCUT2D eigenvalue weighted by atomic mass is 9.96. The van der Waals surface area contributed by atoms with Crippen molar-refractivity contribution in [2.75, 3.05) is 0 Å². The van der Waals surface area contributed by atoms with Crippen molar-refractivity contribution in [2.24, 2.45) is 0 Å². The van der Waals surface area contributed by atoms with Gasteiger partial charge in [-0.25, -0.2) is 4.68 Å². The van der Waals surface area contributed by atoms with Crippen molar-refractivity contribution in [1.29, 1.82) is 0 Å². The van der Waals surface area contributed by atoms with E-state index in [1.807, 2.05) is 53.6 Å². The zero-order valence-electron chi connectivity index (χ0n) is 17.3. The first kappa shape index (κ1) is 19.4. The summed E-state index contributed by atoms with van der Waals surface area (Å²) in [6.07, 6.45) is 8.84. The van der Waals surface area contributed by atoms with E-state index in [2.05, 4.69) is 55.0 Å². The topological polar surface area (TPSA) is 76.7 Å². The smallest absolute Gasteiger partial charge is 0.170 e. The molecule has 0 radical (unpaired) electrons. The molecule has 1 fully saturated rings. The number of nitrogens with zero attached hydrogens (tertiary/aromatic N) is 7. The molecule has 0 spiro atoms. The Balaban J connectivity index is 1.62. The summed E-state index contributed by atoms with van der Waals surface area (Å²) in [5.41, 5.74) is 5.49. The van der Waals surface area contributed by atoms with Gasteiger partial charge >= 0.3 is 0 Å². The van der Waals surface area contributed by atoms with Crippen LogP contribution in [0, 0.1) is 13.8 Å². The van der Waals surface area contributed by atoms with Crippen molar-refractivity contribution in [3.63, 3.8) is 0 Å². The van der Waals surface area contributed by atoms with Crippen molar-refractivity contribution in [3.05, 3.63) is 95.9 Å². The fourth-order valence-corrected chi connectivity index (χ4v) is 4.64. The van der Waals surface area contributed by atoms with E-state index in [0.29, 0.717) is 11.7 Å². The lowest BCUT2D eigenvalue weighted by Gasteiger charge is -2.28. The molecule has 0 bridgehead atoms. The summed E-state index contributed by atoms with van der Waals surface area (Å²) in [5.74, 6) is 0. The highest BCUT2D eigenvalue weighted by Crippen LogP contribution is 2.41. The van der Waals surface area contributed by atoms with E-state index in [0.717, 1.165) is 22.6 Å². The molecule has 5 heterocycles. The lowest BCUT2D eigenvalue weighted by molar-refractivity contribution is 0.309. The van der Waals surface area contributed by atoms with Crippen molar-refractivity contribution in [1.82, 2.24) is 39.7 Å². The second-order valence-electron chi connectivity index (χ2n) is 7.59. The molecule has 156 valence electrons. The molecule has 1 N–H and O–H groups in total. The van der Waals surface area contributed by atoms with E-state index < -0.39 is 0 Å². The Morgan fingerprint density at radius 1 is 1.03 bits per heavy atom. The molecule has 0 unspecified atom stereocenters. The Morgan fingerprint density at radius 3 is 2.52 bits per heavy atom. The van der Waals surface area contributed by atoms with Gasteiger partial charge in [0.15, 0.2) is 5.11 Å². The maximum Gasteiger partial charge on any atom is 0.170 e. The van der Waals surface area contributed by atoms with E-state index in [-0.39, 0.29) is 12.1 Å². The number of nitrogens with one attached hydrogen (secondary N) is 1. The van der Waals surface area contributed by atoms with Crippen LogP contribution < -0.4 is 5.32 Å². The van der Waals surface area contributed by atoms with Gasteiger partial charge < -0.3 is 10.2 Å². The second-order valence-corrected chi connectivity index (χ2v) is 7.98. The largest absolute Gasteiger partial charge is 0.352 e. The van der Waals surface area contributed by atoms with Gasteiger partial charge in [0.1, 0.15) is 12.7 Å². The fraction of sp³-hybridized carbons (Fsp3) is 0.227. The number of hydrogen-bond acceptors (Lipinski definition) is 5. The Hall–Kier alpha value is -3.59. The summed E-state index contributed by atoms with van der Waals surface area (Å²) in [6, 6.07) is 12.2. The maximum absolute atomic E-state index is 5.80. The Labute approximate surface area is 185 Å². The van der Waals surface area contributed by atoms with Gasteiger partial charge in [-0.1, -0.05) is 6.07 Å². The normalized spacial score (nSPS) is 18.4. The Bertz CT molecular complexity index is 1190. The van der Waals surface area contributed by atoms with Crippen LogP contribution in [0.15, 0.2) is 67.6 Å². The first-order valence-corrected chi connectivity index (χ1v) is 10.5. The van der Waals surface area contributed by atoms with Gasteiger partial charge in [-0.2, -0.15) is 0 Å². The van der Waals surface area contributed by atoms with Crippen LogP contribution in [0.3, 0.4) is 0 Å². The summed E-state index contributed by atoms with van der Waals surface area (Å²) in [6.45, 7) is 4.88. The first-order valence-electron chi connectivity index (χ1n) is 10.0. The van der Waals surface area contributed by atoms with E-state index in [9.17, 15) is 0 Å². The summed E-state index contributed by atoms with van der Waals surface area (Å²) in [5, 5.41) is 12.2. The predicted octanol–water partition coefficient (Wildman–Crippen LogP) is 2.97. The SMILES string of the molecule is Cc1cc([C@H]2[C@H](c3ccccn3)NC(=S)N2Cc2ccncc2)c(C)n1-n1cnnc1. The maximum atomic E-state index is 5.80. The number of aromatic nitrogens is 6. The first-order chi connectivity index (χ1) is 15.1. The molecule has 1 saturated heterocycles. The monoisotopic (exact) mass is 430 g/mol. The van der Waals surface area contributed by atoms with Crippen LogP contribution in [-0.2, 0) is 6.54 Å². The molecule has 2 atom stereocenters. The molecular weight excluding hydrogens is 408 g/mol. The van der Waals surface area contributed by atoms with Crippen LogP contribution in [0.5, 0.6) is 0 Å². The molecule has 5 rings (SSSR count). The molecular formula is C22H22N8S. The molecule has 0 aliphatic carbocycles. The number of rotatable bonds is 5. The van der Waals surface area contributed by atoms with Gasteiger partial charge in [0.25, 0.3) is 0 Å². The molecule has 1 aliphatic heterocycles. The average Bonchev–Trinajstić information content (AvgIpc) is 3.49. The second kappa shape index (κ2) is 7.92. The molecule has 1 aliphatic rings. The summed E-state index contributed by atoms with van der Waals surface area (Å²) >= 11 is 5.80. The molecule has 0 aromatic carbocycles. The van der Waals surface area contributed by atoms with Crippen molar-refractivity contribution >= 4 is 17.3 Å². The Kier molecular flexibility index (Phi) is 4.95. The summed E-state index contributed by atoms with van der Waals surface area (Å²) < 4.78 is 3.99. The quantitative estimate of drug-likeness (QED) is 0.488. The van der Waals surface area contributed by atoms with Crippen LogP contribution >= 0.6 is 12.2 Å². The van der Waals surface area contributed by atoms with Crippen LogP contribution in [-0.4, -0.2) is 39.5 Å². The van der Waals surface area contributed by atoms with E-state index >= 15 is 0 Å². The molecule has 9 heteroatoms. The van der Waals surface area contributed by atoms with E-state index in [1.165, 1.54) is 5.56 Å². The van der Waals surface area contributed by atoms with Crippen LogP contribution in [0.2, 0.25) is 0 Å². The van der Waals surface area contributed by atoms with Gasteiger partial charge in [-0.3, -0.25) is 14.6 Å². The molecule has 31 heavy (non-hydrogen) atoms. The van der Waals surface area contributed by atoms with Crippen molar-refractivity contribution < 1.29 is 0 Å². The van der Waals surface area contributed by atoms with Crippen LogP contribution in [0.25, 0.3) is 0 Å². The fourth-order valence-electron chi connectivity index (χ4n) is 4.33. The van der Waals surface area contributed by atoms with E-state index in [4.69, 9.17) is 12.2 Å². The highest BCUT2D eigenvalue weighted by Gasteiger charge is 2.41. The highest BCUT2D eigenvalue weighted by molar-refractivity contribution is 7.80. The molecule has 4 aromatic rings. The van der Waals surface area contributed by atoms with Gasteiger partial charge in [-0.05, 0) is 62.0 Å². The minimum Gasteiger partial charge on any atom is -0.352 e. The van der Waals surface area contributed by atoms with Crippen molar-refractivity contribution in [2.45, 2.75) is 32.5 Å². The van der Waals surface area contributed by atoms with Gasteiger partial charge in [-0.15, -0.1) is 10.2 Å². The highest BCUT2D eigenvalue weighted by atomic mass is 32.1. The third-order valence-electron chi connectivity index (χ3n) is 5.69. The standard InChI is InChI=1S/C22H22N8S/c1-15-11-18(16(2)30(15)28-13-25-26-14-28)21-20(19-5-3-4-8-24-19)27-22(31)29(21)12-17-6-9-23-10-7-17/h3-11,13-14,20-21H,12H2,1-2H3,(H,27,31)/t20-,21-/m0/s1. The summed E-state index contributed by atoms with van der Waals surface area (Å²) in [7, 11) is 0. The predicted molar refractivity (Wildman–Crippen MR) is 120 cm³/mol. The molecule has 0 saturated carbocycles. The number of pyridine rings is 2. The molecule has 0 amide bonds. The molecule has 4 aromatic heterocycles. The zero-order chi connectivity index (χ0) is 21.4. The lowest BCUT2D eigenvalue weighted by Crippen LogP contribution is -2.29. The van der Waals surface area contributed by atoms with Crippen LogP contribution in [0.1, 0.15) is 40.3 Å². The van der Waals surface area contributed by atoms with Crippen molar-refractivity contribution in [3.8, 4) is 0 Å². The zero-order valence-corrected chi connectivity index (χ0v) is 18.1. The number of hydrogen-bond donors (Lipinski definition) is 1. The Morgan fingerprint density at radius 2 is 1.81 bits per heavy atom.